The molecule has 10 rings (SSSR count). The Kier molecular flexibility index (Phi) is 4.64. The molecule has 0 aliphatic heterocycles. The zero-order valence-corrected chi connectivity index (χ0v) is 25.1. The van der Waals surface area contributed by atoms with E-state index in [0.29, 0.717) is 39.5 Å². The first-order valence-corrected chi connectivity index (χ1v) is 15.5. The van der Waals surface area contributed by atoms with Gasteiger partial charge >= 0.3 is 0 Å². The van der Waals surface area contributed by atoms with Crippen LogP contribution in [0.1, 0.15) is 8.22 Å². The quantitative estimate of drug-likeness (QED) is 0.196. The summed E-state index contributed by atoms with van der Waals surface area (Å²) in [5.41, 5.74) is 3.57. The monoisotopic (exact) mass is 621 g/mol. The van der Waals surface area contributed by atoms with Crippen LogP contribution in [-0.4, -0.2) is 15.0 Å². The fourth-order valence-electron chi connectivity index (χ4n) is 6.42. The Bertz CT molecular complexity index is 3190. The smallest absolute Gasteiger partial charge is 0.164 e. The van der Waals surface area contributed by atoms with Gasteiger partial charge in [0.05, 0.1) is 8.22 Å². The van der Waals surface area contributed by atoms with E-state index in [0.717, 1.165) is 21.5 Å². The molecule has 0 saturated carbocycles. The van der Waals surface area contributed by atoms with Crippen molar-refractivity contribution < 1.29 is 17.1 Å². The van der Waals surface area contributed by atoms with Crippen molar-refractivity contribution in [3.63, 3.8) is 0 Å². The average Bonchev–Trinajstić information content (AvgIpc) is 3.79. The highest BCUT2D eigenvalue weighted by Crippen LogP contribution is 2.41. The van der Waals surface area contributed by atoms with E-state index in [1.165, 1.54) is 0 Å². The molecule has 0 unspecified atom stereocenters. The van der Waals surface area contributed by atoms with E-state index in [4.69, 9.17) is 29.3 Å². The molecule has 3 heterocycles. The molecule has 48 heavy (non-hydrogen) atoms. The van der Waals surface area contributed by atoms with Gasteiger partial charge in [-0.1, -0.05) is 115 Å². The molecule has 0 spiro atoms. The Labute approximate surface area is 283 Å². The predicted molar refractivity (Wildman–Crippen MR) is 194 cm³/mol. The maximum atomic E-state index is 9.88. The number of nitrogens with zero attached hydrogens (tertiary/aromatic N) is 3. The van der Waals surface area contributed by atoms with E-state index in [9.17, 15) is 2.74 Å². The van der Waals surface area contributed by atoms with E-state index in [1.54, 1.807) is 0 Å². The normalized spacial score (nSPS) is 13.5. The van der Waals surface area contributed by atoms with Gasteiger partial charge in [0.25, 0.3) is 0 Å². The van der Waals surface area contributed by atoms with Crippen molar-refractivity contribution in [3.05, 3.63) is 152 Å². The molecule has 0 aliphatic carbocycles. The number of aromatic nitrogens is 3. The fourth-order valence-corrected chi connectivity index (χ4v) is 6.42. The molecule has 0 N–H and O–H groups in total. The molecule has 5 heteroatoms. The lowest BCUT2D eigenvalue weighted by molar-refractivity contribution is 0.668. The fraction of sp³-hybridized carbons (Fsp3) is 0. The molecule has 0 fully saturated rings. The molecule has 10 aromatic rings. The first kappa shape index (κ1) is 21.3. The topological polar surface area (TPSA) is 65.0 Å². The summed E-state index contributed by atoms with van der Waals surface area (Å²) in [4.78, 5) is 15.0. The van der Waals surface area contributed by atoms with Crippen molar-refractivity contribution >= 4 is 54.6 Å². The lowest BCUT2D eigenvalue weighted by Gasteiger charge is -2.12. The van der Waals surface area contributed by atoms with E-state index in [1.807, 2.05) is 115 Å². The van der Waals surface area contributed by atoms with Gasteiger partial charge in [-0.05, 0) is 58.2 Å². The van der Waals surface area contributed by atoms with Crippen molar-refractivity contribution in [1.29, 1.82) is 0 Å². The minimum absolute atomic E-state index is 0.00249. The van der Waals surface area contributed by atoms with Gasteiger partial charge in [0, 0.05) is 38.2 Å². The highest BCUT2D eigenvalue weighted by Gasteiger charge is 2.21. The van der Waals surface area contributed by atoms with Crippen molar-refractivity contribution in [3.8, 4) is 45.3 Å². The van der Waals surface area contributed by atoms with E-state index in [2.05, 4.69) is 0 Å². The molecule has 5 nitrogen and oxygen atoms in total. The van der Waals surface area contributed by atoms with Crippen LogP contribution in [0.5, 0.6) is 0 Å². The second-order valence-corrected chi connectivity index (χ2v) is 11.5. The van der Waals surface area contributed by atoms with Crippen LogP contribution < -0.4 is 0 Å². The molecular formula is C43H25N3O2. The zero-order chi connectivity index (χ0) is 36.8. The second-order valence-electron chi connectivity index (χ2n) is 11.5. The summed E-state index contributed by atoms with van der Waals surface area (Å²) in [5.74, 6) is 0.709. The predicted octanol–water partition coefficient (Wildman–Crippen LogP) is 11.5. The van der Waals surface area contributed by atoms with Crippen molar-refractivity contribution in [2.24, 2.45) is 0 Å². The molecule has 0 aliphatic rings. The Morgan fingerprint density at radius 2 is 1.15 bits per heavy atom. The molecule has 0 saturated heterocycles. The third-order valence-electron chi connectivity index (χ3n) is 8.65. The molecule has 224 valence electrons. The number of furan rings is 2. The van der Waals surface area contributed by atoms with E-state index in [-0.39, 0.29) is 63.1 Å². The SMILES string of the molecule is [2H]c1c([2H])c([2H])c2c(oc3c([2H])c(-c4ccc5ccccc5c4)c([2H])c(-c4nc(-c5ccccc5)nc(-c5cccc6oc7ccccc7c56)n4)c32)c1[2H]. The van der Waals surface area contributed by atoms with E-state index >= 15 is 0 Å². The van der Waals surface area contributed by atoms with Crippen molar-refractivity contribution in [1.82, 2.24) is 15.0 Å². The van der Waals surface area contributed by atoms with Gasteiger partial charge in [0.2, 0.25) is 0 Å². The lowest BCUT2D eigenvalue weighted by Crippen LogP contribution is -2.01. The van der Waals surface area contributed by atoms with Gasteiger partial charge in [0.1, 0.15) is 22.3 Å². The van der Waals surface area contributed by atoms with Crippen molar-refractivity contribution in [2.45, 2.75) is 0 Å². The molecule has 0 atom stereocenters. The first-order chi connectivity index (χ1) is 26.3. The van der Waals surface area contributed by atoms with Crippen LogP contribution in [0.15, 0.2) is 160 Å². The highest BCUT2D eigenvalue weighted by molar-refractivity contribution is 6.14. The molecular weight excluding hydrogens is 590 g/mol. The average molecular weight is 622 g/mol. The minimum Gasteiger partial charge on any atom is -0.456 e. The van der Waals surface area contributed by atoms with Gasteiger partial charge in [-0.15, -0.1) is 0 Å². The lowest BCUT2D eigenvalue weighted by atomic mass is 9.96. The number of rotatable bonds is 4. The number of hydrogen-bond donors (Lipinski definition) is 0. The molecule has 0 amide bonds. The summed E-state index contributed by atoms with van der Waals surface area (Å²) >= 11 is 0. The van der Waals surface area contributed by atoms with Gasteiger partial charge in [-0.3, -0.25) is 0 Å². The van der Waals surface area contributed by atoms with Crippen LogP contribution in [-0.2, 0) is 0 Å². The van der Waals surface area contributed by atoms with Crippen LogP contribution in [0.3, 0.4) is 0 Å². The maximum absolute atomic E-state index is 9.88. The minimum atomic E-state index is -0.463. The number of hydrogen-bond acceptors (Lipinski definition) is 5. The summed E-state index contributed by atoms with van der Waals surface area (Å²) in [7, 11) is 0. The molecule has 7 aromatic carbocycles. The third-order valence-corrected chi connectivity index (χ3v) is 8.65. The Hall–Kier alpha value is -6.59. The van der Waals surface area contributed by atoms with Gasteiger partial charge in [0.15, 0.2) is 17.5 Å². The summed E-state index contributed by atoms with van der Waals surface area (Å²) < 4.78 is 66.5. The van der Waals surface area contributed by atoms with Gasteiger partial charge < -0.3 is 8.83 Å². The molecule has 3 aromatic heterocycles. The Morgan fingerprint density at radius 3 is 2.06 bits per heavy atom. The van der Waals surface area contributed by atoms with Crippen LogP contribution in [0.25, 0.3) is 99.9 Å². The number of benzene rings is 7. The summed E-state index contributed by atoms with van der Waals surface area (Å²) in [5, 5.41) is 3.78. The summed E-state index contributed by atoms with van der Waals surface area (Å²) in [6.45, 7) is 0. The number of para-hydroxylation sites is 2. The standard InChI is InChI=1S/C43H25N3O2/c1-2-12-27(13-3-1)41-44-42(33-17-10-20-37-39(33)31-15-6-8-18-35(31)47-37)46-43(45-41)34-24-30(29-22-21-26-11-4-5-14-28(26)23-29)25-38-40(34)32-16-7-9-19-36(32)48-38/h1-25H/i7D,9D,16D,19D,24D,25D. The van der Waals surface area contributed by atoms with Gasteiger partial charge in [-0.2, -0.15) is 0 Å². The van der Waals surface area contributed by atoms with Gasteiger partial charge in [-0.25, -0.2) is 15.0 Å². The van der Waals surface area contributed by atoms with Crippen LogP contribution >= 0.6 is 0 Å². The molecule has 0 bridgehead atoms. The maximum Gasteiger partial charge on any atom is 0.164 e. The van der Waals surface area contributed by atoms with E-state index < -0.39 is 12.1 Å². The first-order valence-electron chi connectivity index (χ1n) is 18.5. The molecule has 0 radical (unpaired) electrons. The van der Waals surface area contributed by atoms with Crippen LogP contribution in [0.4, 0.5) is 0 Å². The van der Waals surface area contributed by atoms with Crippen LogP contribution in [0.2, 0.25) is 0 Å². The third kappa shape index (κ3) is 4.22. The number of fused-ring (bicyclic) bond motifs is 7. The Balaban J connectivity index is 1.37. The Morgan fingerprint density at radius 1 is 0.438 bits per heavy atom. The summed E-state index contributed by atoms with van der Waals surface area (Å²) in [6, 6.07) is 34.4. The zero-order valence-electron chi connectivity index (χ0n) is 31.1. The summed E-state index contributed by atoms with van der Waals surface area (Å²) in [6.07, 6.45) is 0. The largest absolute Gasteiger partial charge is 0.456 e. The van der Waals surface area contributed by atoms with Crippen molar-refractivity contribution in [2.75, 3.05) is 0 Å². The second kappa shape index (κ2) is 10.5. The van der Waals surface area contributed by atoms with Crippen LogP contribution in [0, 0.1) is 0 Å². The highest BCUT2D eigenvalue weighted by atomic mass is 16.3.